The summed E-state index contributed by atoms with van der Waals surface area (Å²) in [5.41, 5.74) is 8.62. The third-order valence-corrected chi connectivity index (χ3v) is 3.39. The molecule has 2 aromatic rings. The summed E-state index contributed by atoms with van der Waals surface area (Å²) >= 11 is 0. The van der Waals surface area contributed by atoms with Crippen molar-refractivity contribution < 1.29 is 4.92 Å². The Morgan fingerprint density at radius 2 is 2.05 bits per heavy atom. The number of fused-ring (bicyclic) bond motifs is 1. The van der Waals surface area contributed by atoms with Crippen LogP contribution in [0.25, 0.3) is 0 Å². The topological polar surface area (TPSA) is 107 Å². The second-order valence-electron chi connectivity index (χ2n) is 4.68. The van der Waals surface area contributed by atoms with Gasteiger partial charge in [-0.3, -0.25) is 10.1 Å². The minimum atomic E-state index is -0.578. The van der Waals surface area contributed by atoms with Crippen LogP contribution in [0.15, 0.2) is 24.5 Å². The van der Waals surface area contributed by atoms with Gasteiger partial charge in [-0.15, -0.1) is 0 Å². The van der Waals surface area contributed by atoms with Crippen LogP contribution in [0.5, 0.6) is 0 Å². The highest BCUT2D eigenvalue weighted by atomic mass is 16.6. The zero-order chi connectivity index (χ0) is 14.1. The van der Waals surface area contributed by atoms with E-state index in [9.17, 15) is 10.1 Å². The van der Waals surface area contributed by atoms with Crippen LogP contribution in [0.3, 0.4) is 0 Å². The van der Waals surface area contributed by atoms with Crippen molar-refractivity contribution in [3.05, 3.63) is 45.8 Å². The second kappa shape index (κ2) is 4.76. The summed E-state index contributed by atoms with van der Waals surface area (Å²) < 4.78 is 0. The van der Waals surface area contributed by atoms with Crippen molar-refractivity contribution in [1.29, 1.82) is 0 Å². The summed E-state index contributed by atoms with van der Waals surface area (Å²) in [6.45, 7) is 0. The molecule has 102 valence electrons. The maximum atomic E-state index is 11.0. The molecular formula is C13H13N5O2. The molecule has 0 atom stereocenters. The van der Waals surface area contributed by atoms with Gasteiger partial charge in [-0.2, -0.15) is 0 Å². The van der Waals surface area contributed by atoms with E-state index in [1.807, 2.05) is 18.2 Å². The van der Waals surface area contributed by atoms with Gasteiger partial charge >= 0.3 is 5.69 Å². The highest BCUT2D eigenvalue weighted by Gasteiger charge is 2.21. The fourth-order valence-corrected chi connectivity index (χ4v) is 2.45. The standard InChI is InChI=1S/C13H13N5O2/c14-12-11(18(19)20)13(16-7-15-12)17-10-5-4-8-2-1-3-9(8)6-10/h4-7H,1-3H2,(H3,14,15,16,17). The van der Waals surface area contributed by atoms with Crippen molar-refractivity contribution in [2.24, 2.45) is 0 Å². The third-order valence-electron chi connectivity index (χ3n) is 3.39. The molecule has 0 amide bonds. The molecule has 0 saturated heterocycles. The van der Waals surface area contributed by atoms with Gasteiger partial charge in [-0.1, -0.05) is 6.07 Å². The monoisotopic (exact) mass is 271 g/mol. The van der Waals surface area contributed by atoms with Crippen LogP contribution in [-0.4, -0.2) is 14.9 Å². The molecule has 1 aromatic heterocycles. The molecule has 0 saturated carbocycles. The molecule has 3 N–H and O–H groups in total. The van der Waals surface area contributed by atoms with Crippen LogP contribution in [0.2, 0.25) is 0 Å². The molecule has 0 spiro atoms. The maximum absolute atomic E-state index is 11.0. The Hall–Kier alpha value is -2.70. The highest BCUT2D eigenvalue weighted by molar-refractivity contribution is 5.72. The van der Waals surface area contributed by atoms with Crippen molar-refractivity contribution in [3.63, 3.8) is 0 Å². The minimum Gasteiger partial charge on any atom is -0.378 e. The lowest BCUT2D eigenvalue weighted by Gasteiger charge is -2.08. The second-order valence-corrected chi connectivity index (χ2v) is 4.68. The molecule has 3 rings (SSSR count). The molecule has 0 aliphatic heterocycles. The number of nitrogens with one attached hydrogen (secondary N) is 1. The Kier molecular flexibility index (Phi) is 2.94. The number of nitrogens with two attached hydrogens (primary N) is 1. The van der Waals surface area contributed by atoms with Crippen molar-refractivity contribution >= 4 is 23.0 Å². The maximum Gasteiger partial charge on any atom is 0.353 e. The average molecular weight is 271 g/mol. The Morgan fingerprint density at radius 1 is 1.25 bits per heavy atom. The molecule has 0 bridgehead atoms. The largest absolute Gasteiger partial charge is 0.378 e. The van der Waals surface area contributed by atoms with E-state index in [-0.39, 0.29) is 17.3 Å². The van der Waals surface area contributed by atoms with Crippen LogP contribution >= 0.6 is 0 Å². The van der Waals surface area contributed by atoms with E-state index in [2.05, 4.69) is 15.3 Å². The third kappa shape index (κ3) is 2.13. The van der Waals surface area contributed by atoms with Gasteiger partial charge in [-0.25, -0.2) is 9.97 Å². The summed E-state index contributed by atoms with van der Waals surface area (Å²) in [4.78, 5) is 18.0. The number of aromatic nitrogens is 2. The number of nitrogen functional groups attached to an aromatic ring is 1. The normalized spacial score (nSPS) is 13.0. The van der Waals surface area contributed by atoms with E-state index in [4.69, 9.17) is 5.73 Å². The smallest absolute Gasteiger partial charge is 0.353 e. The van der Waals surface area contributed by atoms with E-state index in [0.29, 0.717) is 0 Å². The lowest BCUT2D eigenvalue weighted by atomic mass is 10.1. The first-order valence-corrected chi connectivity index (χ1v) is 6.29. The van der Waals surface area contributed by atoms with Crippen molar-refractivity contribution in [2.75, 3.05) is 11.1 Å². The first-order valence-electron chi connectivity index (χ1n) is 6.29. The van der Waals surface area contributed by atoms with Gasteiger partial charge in [0.05, 0.1) is 4.92 Å². The van der Waals surface area contributed by atoms with E-state index >= 15 is 0 Å². The summed E-state index contributed by atoms with van der Waals surface area (Å²) in [6, 6.07) is 5.94. The Labute approximate surface area is 115 Å². The number of rotatable bonds is 3. The molecule has 1 aromatic carbocycles. The van der Waals surface area contributed by atoms with E-state index < -0.39 is 4.92 Å². The lowest BCUT2D eigenvalue weighted by Crippen LogP contribution is -2.05. The summed E-state index contributed by atoms with van der Waals surface area (Å²) in [5, 5.41) is 14.0. The molecule has 20 heavy (non-hydrogen) atoms. The first-order chi connectivity index (χ1) is 9.65. The Bertz CT molecular complexity index is 686. The predicted molar refractivity (Wildman–Crippen MR) is 74.8 cm³/mol. The zero-order valence-corrected chi connectivity index (χ0v) is 10.7. The van der Waals surface area contributed by atoms with Crippen LogP contribution in [-0.2, 0) is 12.8 Å². The van der Waals surface area contributed by atoms with Crippen LogP contribution in [0, 0.1) is 10.1 Å². The summed E-state index contributed by atoms with van der Waals surface area (Å²) in [7, 11) is 0. The average Bonchev–Trinajstić information content (AvgIpc) is 2.85. The number of nitro groups is 1. The number of hydrogen-bond donors (Lipinski definition) is 2. The molecular weight excluding hydrogens is 258 g/mol. The SMILES string of the molecule is Nc1ncnc(Nc2ccc3c(c2)CCC3)c1[N+](=O)[O-]. The van der Waals surface area contributed by atoms with Crippen LogP contribution in [0.1, 0.15) is 17.5 Å². The highest BCUT2D eigenvalue weighted by Crippen LogP contribution is 2.31. The van der Waals surface area contributed by atoms with Crippen LogP contribution in [0.4, 0.5) is 23.0 Å². The first kappa shape index (κ1) is 12.3. The molecule has 0 unspecified atom stereocenters. The number of aryl methyl sites for hydroxylation is 2. The van der Waals surface area contributed by atoms with Gasteiger partial charge < -0.3 is 11.1 Å². The lowest BCUT2D eigenvalue weighted by molar-refractivity contribution is -0.383. The molecule has 0 fully saturated rings. The van der Waals surface area contributed by atoms with E-state index in [1.165, 1.54) is 17.5 Å². The van der Waals surface area contributed by atoms with Gasteiger partial charge in [0, 0.05) is 5.69 Å². The number of nitrogens with zero attached hydrogens (tertiary/aromatic N) is 3. The molecule has 1 aliphatic carbocycles. The van der Waals surface area contributed by atoms with Crippen molar-refractivity contribution in [1.82, 2.24) is 9.97 Å². The van der Waals surface area contributed by atoms with E-state index in [0.717, 1.165) is 24.9 Å². The van der Waals surface area contributed by atoms with Gasteiger partial charge in [-0.05, 0) is 42.5 Å². The molecule has 0 radical (unpaired) electrons. The van der Waals surface area contributed by atoms with Crippen molar-refractivity contribution in [2.45, 2.75) is 19.3 Å². The Balaban J connectivity index is 1.95. The predicted octanol–water partition coefficient (Wildman–Crippen LogP) is 2.20. The molecule has 1 heterocycles. The van der Waals surface area contributed by atoms with Crippen molar-refractivity contribution in [3.8, 4) is 0 Å². The molecule has 7 heteroatoms. The van der Waals surface area contributed by atoms with Gasteiger partial charge in [0.25, 0.3) is 0 Å². The summed E-state index contributed by atoms with van der Waals surface area (Å²) in [5.74, 6) is -0.0332. The van der Waals surface area contributed by atoms with Gasteiger partial charge in [0.2, 0.25) is 11.6 Å². The Morgan fingerprint density at radius 3 is 2.85 bits per heavy atom. The number of anilines is 3. The fourth-order valence-electron chi connectivity index (χ4n) is 2.45. The minimum absolute atomic E-state index is 0.112. The zero-order valence-electron chi connectivity index (χ0n) is 10.7. The van der Waals surface area contributed by atoms with Crippen LogP contribution < -0.4 is 11.1 Å². The number of benzene rings is 1. The fraction of sp³-hybridized carbons (Fsp3) is 0.231. The van der Waals surface area contributed by atoms with Gasteiger partial charge in [0.15, 0.2) is 0 Å². The quantitative estimate of drug-likeness (QED) is 0.654. The van der Waals surface area contributed by atoms with Gasteiger partial charge in [0.1, 0.15) is 6.33 Å². The molecule has 7 nitrogen and oxygen atoms in total. The summed E-state index contributed by atoms with van der Waals surface area (Å²) in [6.07, 6.45) is 4.49. The van der Waals surface area contributed by atoms with E-state index in [1.54, 1.807) is 0 Å². The molecule has 1 aliphatic rings. The number of hydrogen-bond acceptors (Lipinski definition) is 6.